The average Bonchev–Trinajstić information content (AvgIpc) is 2.77. The van der Waals surface area contributed by atoms with E-state index in [1.807, 2.05) is 0 Å². The maximum atomic E-state index is 2.33. The van der Waals surface area contributed by atoms with Gasteiger partial charge in [-0.15, -0.1) is 0 Å². The Labute approximate surface area is 106 Å². The quantitative estimate of drug-likeness (QED) is 0.696. The minimum atomic E-state index is 0.479. The van der Waals surface area contributed by atoms with E-state index >= 15 is 0 Å². The van der Waals surface area contributed by atoms with Gasteiger partial charge in [-0.2, -0.15) is 0 Å². The van der Waals surface area contributed by atoms with Crippen molar-refractivity contribution < 1.29 is 4.48 Å². The Morgan fingerprint density at radius 1 is 1.00 bits per heavy atom. The topological polar surface area (TPSA) is 0 Å². The molecule has 1 nitrogen and oxygen atoms in total. The molecule has 1 aromatic carbocycles. The van der Waals surface area contributed by atoms with Crippen molar-refractivity contribution >= 4 is 0 Å². The highest BCUT2D eigenvalue weighted by Crippen LogP contribution is 2.43. The van der Waals surface area contributed by atoms with Crippen molar-refractivity contribution in [2.24, 2.45) is 0 Å². The molecular weight excluding hydrogens is 206 g/mol. The molecule has 0 atom stereocenters. The van der Waals surface area contributed by atoms with Gasteiger partial charge in [0.25, 0.3) is 0 Å². The molecule has 0 heterocycles. The molecule has 1 aliphatic rings. The molecule has 0 amide bonds. The van der Waals surface area contributed by atoms with Gasteiger partial charge in [-0.3, -0.25) is 0 Å². The van der Waals surface area contributed by atoms with Gasteiger partial charge in [0.1, 0.15) is 0 Å². The van der Waals surface area contributed by atoms with Crippen LogP contribution in [0.25, 0.3) is 0 Å². The van der Waals surface area contributed by atoms with E-state index in [-0.39, 0.29) is 0 Å². The molecule has 1 fully saturated rings. The first-order valence-corrected chi connectivity index (χ1v) is 6.88. The highest BCUT2D eigenvalue weighted by molar-refractivity contribution is 5.26. The van der Waals surface area contributed by atoms with E-state index in [9.17, 15) is 0 Å². The van der Waals surface area contributed by atoms with Crippen LogP contribution < -0.4 is 0 Å². The zero-order valence-corrected chi connectivity index (χ0v) is 11.6. The maximum absolute atomic E-state index is 2.33. The van der Waals surface area contributed by atoms with E-state index in [1.54, 1.807) is 5.56 Å². The molecule has 0 aliphatic heterocycles. The summed E-state index contributed by atoms with van der Waals surface area (Å²) in [6.45, 7) is 1.27. The first-order chi connectivity index (χ1) is 8.02. The molecule has 1 aliphatic carbocycles. The molecule has 1 aromatic rings. The van der Waals surface area contributed by atoms with E-state index in [4.69, 9.17) is 0 Å². The molecule has 0 bridgehead atoms. The van der Waals surface area contributed by atoms with Crippen LogP contribution in [0.2, 0.25) is 0 Å². The first-order valence-electron chi connectivity index (χ1n) is 6.88. The summed E-state index contributed by atoms with van der Waals surface area (Å²) in [5.74, 6) is 0. The number of rotatable bonds is 4. The second-order valence-electron chi connectivity index (χ2n) is 6.62. The molecule has 0 radical (unpaired) electrons. The Hall–Kier alpha value is -0.820. The van der Waals surface area contributed by atoms with Gasteiger partial charge in [0, 0.05) is 11.8 Å². The van der Waals surface area contributed by atoms with Crippen molar-refractivity contribution in [3.8, 4) is 0 Å². The zero-order valence-electron chi connectivity index (χ0n) is 11.6. The number of hydrogen-bond donors (Lipinski definition) is 0. The Morgan fingerprint density at radius 3 is 2.12 bits per heavy atom. The summed E-state index contributed by atoms with van der Waals surface area (Å²) in [6, 6.07) is 11.2. The fourth-order valence-electron chi connectivity index (χ4n) is 3.08. The van der Waals surface area contributed by atoms with Crippen molar-refractivity contribution in [1.29, 1.82) is 0 Å². The Kier molecular flexibility index (Phi) is 3.58. The summed E-state index contributed by atoms with van der Waals surface area (Å²) < 4.78 is 1.08. The maximum Gasteiger partial charge on any atom is 0.0789 e. The standard InChI is InChI=1S/C16H26N/c1-17(2,3)14-13-16(11-7-8-12-16)15-9-5-4-6-10-15/h4-6,9-10H,7-8,11-14H2,1-3H3/q+1. The predicted molar refractivity (Wildman–Crippen MR) is 74.1 cm³/mol. The van der Waals surface area contributed by atoms with Crippen molar-refractivity contribution in [2.75, 3.05) is 27.7 Å². The third kappa shape index (κ3) is 3.10. The Bertz CT molecular complexity index is 342. The van der Waals surface area contributed by atoms with Crippen molar-refractivity contribution in [3.05, 3.63) is 35.9 Å². The van der Waals surface area contributed by atoms with Gasteiger partial charge < -0.3 is 4.48 Å². The smallest absolute Gasteiger partial charge is 0.0789 e. The molecule has 17 heavy (non-hydrogen) atoms. The molecule has 0 N–H and O–H groups in total. The van der Waals surface area contributed by atoms with Crippen LogP contribution >= 0.6 is 0 Å². The predicted octanol–water partition coefficient (Wildman–Crippen LogP) is 3.59. The van der Waals surface area contributed by atoms with Crippen LogP contribution in [0.5, 0.6) is 0 Å². The van der Waals surface area contributed by atoms with Crippen molar-refractivity contribution in [1.82, 2.24) is 0 Å². The molecule has 2 rings (SSSR count). The van der Waals surface area contributed by atoms with Crippen LogP contribution in [0, 0.1) is 0 Å². The van der Waals surface area contributed by atoms with Gasteiger partial charge in [-0.05, 0) is 18.4 Å². The van der Waals surface area contributed by atoms with Crippen LogP contribution in [-0.4, -0.2) is 32.2 Å². The molecule has 94 valence electrons. The van der Waals surface area contributed by atoms with Crippen molar-refractivity contribution in [3.63, 3.8) is 0 Å². The van der Waals surface area contributed by atoms with E-state index in [2.05, 4.69) is 51.5 Å². The van der Waals surface area contributed by atoms with Gasteiger partial charge in [0.05, 0.1) is 27.7 Å². The lowest BCUT2D eigenvalue weighted by atomic mass is 9.76. The minimum absolute atomic E-state index is 0.479. The lowest BCUT2D eigenvalue weighted by molar-refractivity contribution is -0.871. The normalized spacial score (nSPS) is 19.5. The average molecular weight is 232 g/mol. The third-order valence-electron chi connectivity index (χ3n) is 4.21. The highest BCUT2D eigenvalue weighted by Gasteiger charge is 2.36. The molecule has 1 heteroatoms. The SMILES string of the molecule is C[N+](C)(C)CCC1(c2ccccc2)CCCC1. The van der Waals surface area contributed by atoms with Crippen LogP contribution in [-0.2, 0) is 5.41 Å². The van der Waals surface area contributed by atoms with Gasteiger partial charge in [0.15, 0.2) is 0 Å². The number of nitrogens with zero attached hydrogens (tertiary/aromatic N) is 1. The summed E-state index contributed by atoms with van der Waals surface area (Å²) in [5.41, 5.74) is 2.05. The molecule has 1 saturated carbocycles. The van der Waals surface area contributed by atoms with Crippen molar-refractivity contribution in [2.45, 2.75) is 37.5 Å². The lowest BCUT2D eigenvalue weighted by Crippen LogP contribution is -2.39. The first kappa shape index (κ1) is 12.6. The summed E-state index contributed by atoms with van der Waals surface area (Å²) in [5, 5.41) is 0. The van der Waals surface area contributed by atoms with E-state index in [0.717, 1.165) is 4.48 Å². The summed E-state index contributed by atoms with van der Waals surface area (Å²) in [7, 11) is 6.90. The van der Waals surface area contributed by atoms with Crippen LogP contribution in [0.15, 0.2) is 30.3 Å². The third-order valence-corrected chi connectivity index (χ3v) is 4.21. The molecule has 0 aromatic heterocycles. The number of hydrogen-bond acceptors (Lipinski definition) is 0. The van der Waals surface area contributed by atoms with Gasteiger partial charge in [-0.1, -0.05) is 43.2 Å². The van der Waals surface area contributed by atoms with Gasteiger partial charge in [0.2, 0.25) is 0 Å². The summed E-state index contributed by atoms with van der Waals surface area (Å²) in [6.07, 6.45) is 6.92. The second kappa shape index (κ2) is 4.81. The Morgan fingerprint density at radius 2 is 1.59 bits per heavy atom. The van der Waals surface area contributed by atoms with Gasteiger partial charge in [-0.25, -0.2) is 0 Å². The van der Waals surface area contributed by atoms with E-state index < -0.39 is 0 Å². The van der Waals surface area contributed by atoms with Crippen LogP contribution in [0.4, 0.5) is 0 Å². The fraction of sp³-hybridized carbons (Fsp3) is 0.625. The highest BCUT2D eigenvalue weighted by atomic mass is 15.3. The van der Waals surface area contributed by atoms with Crippen LogP contribution in [0.3, 0.4) is 0 Å². The second-order valence-corrected chi connectivity index (χ2v) is 6.62. The molecule has 0 saturated heterocycles. The zero-order chi connectivity index (χ0) is 12.4. The molecule has 0 unspecified atom stereocenters. The lowest BCUT2D eigenvalue weighted by Gasteiger charge is -2.33. The minimum Gasteiger partial charge on any atom is -0.331 e. The summed E-state index contributed by atoms with van der Waals surface area (Å²) >= 11 is 0. The number of quaternary nitrogens is 1. The Balaban J connectivity index is 2.16. The van der Waals surface area contributed by atoms with Gasteiger partial charge >= 0.3 is 0 Å². The fourth-order valence-corrected chi connectivity index (χ4v) is 3.08. The molecule has 0 spiro atoms. The van der Waals surface area contributed by atoms with E-state index in [1.165, 1.54) is 38.6 Å². The number of benzene rings is 1. The summed E-state index contributed by atoms with van der Waals surface area (Å²) in [4.78, 5) is 0. The van der Waals surface area contributed by atoms with Crippen LogP contribution in [0.1, 0.15) is 37.7 Å². The monoisotopic (exact) mass is 232 g/mol. The molecular formula is C16H26N+. The van der Waals surface area contributed by atoms with E-state index in [0.29, 0.717) is 5.41 Å². The largest absolute Gasteiger partial charge is 0.331 e.